The molecule has 0 unspecified atom stereocenters. The van der Waals surface area contributed by atoms with Gasteiger partial charge in [-0.3, -0.25) is 0 Å². The zero-order chi connectivity index (χ0) is 12.1. The van der Waals surface area contributed by atoms with Crippen LogP contribution in [0.5, 0.6) is 11.5 Å². The van der Waals surface area contributed by atoms with Gasteiger partial charge in [0.25, 0.3) is 0 Å². The highest BCUT2D eigenvalue weighted by atomic mass is 16.5. The fraction of sp³-hybridized carbons (Fsp3) is 0.133. The maximum atomic E-state index is 5.76. The molecule has 0 saturated heterocycles. The zero-order valence-corrected chi connectivity index (χ0v) is 10.1. The van der Waals surface area contributed by atoms with Crippen LogP contribution in [0.15, 0.2) is 54.6 Å². The number of para-hydroxylation sites is 1. The highest BCUT2D eigenvalue weighted by Gasteiger charge is 1.99. The van der Waals surface area contributed by atoms with E-state index in [0.29, 0.717) is 0 Å². The van der Waals surface area contributed by atoms with Gasteiger partial charge in [0, 0.05) is 5.56 Å². The summed E-state index contributed by atoms with van der Waals surface area (Å²) in [5.74, 6) is 1.71. The molecular formula is C15H16NO+. The van der Waals surface area contributed by atoms with Crippen molar-refractivity contribution >= 4 is 6.21 Å². The van der Waals surface area contributed by atoms with Crippen molar-refractivity contribution in [1.82, 2.24) is 0 Å². The Kier molecular flexibility index (Phi) is 3.55. The normalized spacial score (nSPS) is 9.76. The minimum Gasteiger partial charge on any atom is -0.457 e. The largest absolute Gasteiger partial charge is 0.457 e. The Morgan fingerprint density at radius 3 is 2.29 bits per heavy atom. The molecule has 0 atom stereocenters. The van der Waals surface area contributed by atoms with Gasteiger partial charge in [-0.2, -0.15) is 0 Å². The van der Waals surface area contributed by atoms with Crippen LogP contribution in [0.1, 0.15) is 5.56 Å². The minimum absolute atomic E-state index is 0.854. The maximum Gasteiger partial charge on any atom is 0.170 e. The van der Waals surface area contributed by atoms with E-state index in [4.69, 9.17) is 4.74 Å². The first-order valence-electron chi connectivity index (χ1n) is 5.58. The average Bonchev–Trinajstić information content (AvgIpc) is 2.30. The van der Waals surface area contributed by atoms with E-state index in [2.05, 4.69) is 12.3 Å². The van der Waals surface area contributed by atoms with Crippen molar-refractivity contribution in [3.63, 3.8) is 0 Å². The average molecular weight is 226 g/mol. The molecule has 86 valence electrons. The second-order valence-electron chi connectivity index (χ2n) is 4.08. The number of nitrogens with zero attached hydrogens (tertiary/aromatic N) is 1. The molecule has 0 aliphatic carbocycles. The van der Waals surface area contributed by atoms with Crippen LogP contribution < -0.4 is 4.74 Å². The number of ether oxygens (including phenoxy) is 1. The highest BCUT2D eigenvalue weighted by Crippen LogP contribution is 2.21. The summed E-state index contributed by atoms with van der Waals surface area (Å²) in [4.78, 5) is 0. The summed E-state index contributed by atoms with van der Waals surface area (Å²) in [7, 11) is 4.01. The van der Waals surface area contributed by atoms with Gasteiger partial charge in [0.1, 0.15) is 25.6 Å². The summed E-state index contributed by atoms with van der Waals surface area (Å²) >= 11 is 0. The van der Waals surface area contributed by atoms with Gasteiger partial charge in [0.15, 0.2) is 6.21 Å². The first kappa shape index (κ1) is 11.4. The van der Waals surface area contributed by atoms with E-state index in [9.17, 15) is 0 Å². The summed E-state index contributed by atoms with van der Waals surface area (Å²) in [6, 6.07) is 17.8. The summed E-state index contributed by atoms with van der Waals surface area (Å²) in [5, 5.41) is 0. The number of rotatable bonds is 3. The number of hydrogen-bond acceptors (Lipinski definition) is 1. The van der Waals surface area contributed by atoms with Gasteiger partial charge in [0.05, 0.1) is 0 Å². The van der Waals surface area contributed by atoms with E-state index in [0.717, 1.165) is 17.1 Å². The molecule has 0 bridgehead atoms. The third-order valence-corrected chi connectivity index (χ3v) is 2.24. The van der Waals surface area contributed by atoms with Crippen LogP contribution in [-0.2, 0) is 0 Å². The molecule has 0 spiro atoms. The molecule has 0 fully saturated rings. The summed E-state index contributed by atoms with van der Waals surface area (Å²) in [6.07, 6.45) is 2.05. The standard InChI is InChI=1S/C15H16NO/c1-16(2)12-13-7-6-10-15(11-13)17-14-8-4-3-5-9-14/h3-12H,1-2H3/q+1. The molecule has 0 aliphatic rings. The third kappa shape index (κ3) is 3.45. The fourth-order valence-electron chi connectivity index (χ4n) is 1.58. The maximum absolute atomic E-state index is 5.76. The quantitative estimate of drug-likeness (QED) is 0.578. The van der Waals surface area contributed by atoms with E-state index in [-0.39, 0.29) is 0 Å². The molecule has 2 aromatic carbocycles. The summed E-state index contributed by atoms with van der Waals surface area (Å²) < 4.78 is 7.78. The van der Waals surface area contributed by atoms with E-state index < -0.39 is 0 Å². The second-order valence-corrected chi connectivity index (χ2v) is 4.08. The number of benzene rings is 2. The number of hydrogen-bond donors (Lipinski definition) is 0. The van der Waals surface area contributed by atoms with Crippen LogP contribution in [0.4, 0.5) is 0 Å². The van der Waals surface area contributed by atoms with Crippen LogP contribution in [0, 0.1) is 0 Å². The lowest BCUT2D eigenvalue weighted by Gasteiger charge is -2.05. The lowest BCUT2D eigenvalue weighted by Crippen LogP contribution is -1.99. The molecule has 0 heterocycles. The molecule has 0 saturated carbocycles. The third-order valence-electron chi connectivity index (χ3n) is 2.24. The van der Waals surface area contributed by atoms with Crippen molar-refractivity contribution in [2.45, 2.75) is 0 Å². The summed E-state index contributed by atoms with van der Waals surface area (Å²) in [6.45, 7) is 0. The van der Waals surface area contributed by atoms with Gasteiger partial charge in [0.2, 0.25) is 0 Å². The van der Waals surface area contributed by atoms with E-state index in [1.54, 1.807) is 0 Å². The molecule has 17 heavy (non-hydrogen) atoms. The lowest BCUT2D eigenvalue weighted by molar-refractivity contribution is -0.458. The Bertz CT molecular complexity index is 513. The van der Waals surface area contributed by atoms with Crippen molar-refractivity contribution in [1.29, 1.82) is 0 Å². The Morgan fingerprint density at radius 2 is 1.59 bits per heavy atom. The summed E-state index contributed by atoms with van der Waals surface area (Å²) in [5.41, 5.74) is 1.13. The molecule has 0 N–H and O–H groups in total. The van der Waals surface area contributed by atoms with Crippen molar-refractivity contribution in [3.8, 4) is 11.5 Å². The second kappa shape index (κ2) is 5.30. The Balaban J connectivity index is 2.20. The smallest absolute Gasteiger partial charge is 0.170 e. The fourth-order valence-corrected chi connectivity index (χ4v) is 1.58. The monoisotopic (exact) mass is 226 g/mol. The molecule has 2 nitrogen and oxygen atoms in total. The Labute approximate surface area is 102 Å². The predicted octanol–water partition coefficient (Wildman–Crippen LogP) is 3.17. The van der Waals surface area contributed by atoms with Gasteiger partial charge < -0.3 is 4.74 Å². The van der Waals surface area contributed by atoms with Crippen LogP contribution in [0.3, 0.4) is 0 Å². The van der Waals surface area contributed by atoms with Crippen molar-refractivity contribution in [3.05, 3.63) is 60.2 Å². The van der Waals surface area contributed by atoms with E-state index >= 15 is 0 Å². The molecule has 0 amide bonds. The molecule has 2 heteroatoms. The SMILES string of the molecule is C[N+](C)=Cc1cccc(Oc2ccccc2)c1. The zero-order valence-electron chi connectivity index (χ0n) is 10.1. The molecule has 2 rings (SSSR count). The van der Waals surface area contributed by atoms with Gasteiger partial charge in [-0.05, 0) is 30.3 Å². The molecule has 0 radical (unpaired) electrons. The van der Waals surface area contributed by atoms with Gasteiger partial charge >= 0.3 is 0 Å². The van der Waals surface area contributed by atoms with Crippen LogP contribution in [0.25, 0.3) is 0 Å². The topological polar surface area (TPSA) is 12.2 Å². The first-order chi connectivity index (χ1) is 8.24. The molecule has 0 aliphatic heterocycles. The van der Waals surface area contributed by atoms with Crippen molar-refractivity contribution in [2.75, 3.05) is 14.1 Å². The Morgan fingerprint density at radius 1 is 0.882 bits per heavy atom. The first-order valence-corrected chi connectivity index (χ1v) is 5.58. The molecular weight excluding hydrogens is 210 g/mol. The van der Waals surface area contributed by atoms with Gasteiger partial charge in [-0.1, -0.05) is 24.3 Å². The van der Waals surface area contributed by atoms with E-state index in [1.165, 1.54) is 0 Å². The Hall–Kier alpha value is -2.09. The van der Waals surface area contributed by atoms with Crippen LogP contribution >= 0.6 is 0 Å². The highest BCUT2D eigenvalue weighted by molar-refractivity contribution is 5.76. The van der Waals surface area contributed by atoms with Crippen LogP contribution in [0.2, 0.25) is 0 Å². The predicted molar refractivity (Wildman–Crippen MR) is 70.2 cm³/mol. The molecule has 2 aromatic rings. The molecule has 0 aromatic heterocycles. The lowest BCUT2D eigenvalue weighted by atomic mass is 10.2. The minimum atomic E-state index is 0.854. The van der Waals surface area contributed by atoms with Crippen LogP contribution in [-0.4, -0.2) is 24.9 Å². The van der Waals surface area contributed by atoms with E-state index in [1.807, 2.05) is 67.2 Å². The van der Waals surface area contributed by atoms with Crippen molar-refractivity contribution in [2.24, 2.45) is 0 Å². The van der Waals surface area contributed by atoms with Gasteiger partial charge in [-0.25, -0.2) is 4.58 Å². The van der Waals surface area contributed by atoms with Crippen molar-refractivity contribution < 1.29 is 9.31 Å². The van der Waals surface area contributed by atoms with Gasteiger partial charge in [-0.15, -0.1) is 0 Å².